The van der Waals surface area contributed by atoms with Crippen LogP contribution in [0.2, 0.25) is 0 Å². The molecule has 12 bridgehead atoms. The van der Waals surface area contributed by atoms with Crippen molar-refractivity contribution in [2.45, 2.75) is 132 Å². The Morgan fingerprint density at radius 1 is 0.420 bits per heavy atom. The predicted octanol–water partition coefficient (Wildman–Crippen LogP) is 12.0. The molecule has 0 radical (unpaired) electrons. The number of hydrogen-bond donors (Lipinski definition) is 0. The maximum atomic E-state index is 5.55. The third-order valence-corrected chi connectivity index (χ3v) is 17.7. The van der Waals surface area contributed by atoms with Crippen LogP contribution in [0.1, 0.15) is 165 Å². The van der Waals surface area contributed by atoms with Crippen LogP contribution in [0.25, 0.3) is 48.9 Å². The first-order chi connectivity index (χ1) is 24.7. The summed E-state index contributed by atoms with van der Waals surface area (Å²) >= 11 is 0. The SMILES string of the molecule is c1c2c(cc3c1cc1c4c5c(ncc4n4c6cnc7c(c6c3c14)C1CC3CC(CC7C3)C1)C1CC3CC(C1)CC5C3)C1CC3CC(CC2C3)C1. The number of nitrogens with zero attached hydrogens (tertiary/aromatic N) is 3. The Bertz CT molecular complexity index is 2500. The van der Waals surface area contributed by atoms with Crippen LogP contribution in [0.15, 0.2) is 30.6 Å². The number of aromatic nitrogens is 3. The quantitative estimate of drug-likeness (QED) is 0.163. The molecule has 4 heterocycles. The van der Waals surface area contributed by atoms with Gasteiger partial charge in [-0.2, -0.15) is 0 Å². The van der Waals surface area contributed by atoms with Gasteiger partial charge in [0.2, 0.25) is 0 Å². The largest absolute Gasteiger partial charge is 0.305 e. The van der Waals surface area contributed by atoms with Crippen LogP contribution < -0.4 is 0 Å². The number of hydrogen-bond acceptors (Lipinski definition) is 2. The Balaban J connectivity index is 1.13. The van der Waals surface area contributed by atoms with Gasteiger partial charge < -0.3 is 4.40 Å². The van der Waals surface area contributed by atoms with Crippen molar-refractivity contribution in [2.24, 2.45) is 35.5 Å². The van der Waals surface area contributed by atoms with Gasteiger partial charge in [-0.25, -0.2) is 0 Å². The van der Waals surface area contributed by atoms with Crippen LogP contribution in [-0.2, 0) is 0 Å². The minimum Gasteiger partial charge on any atom is -0.305 e. The van der Waals surface area contributed by atoms with Crippen molar-refractivity contribution in [3.63, 3.8) is 0 Å². The molecular formula is C47H47N3. The van der Waals surface area contributed by atoms with Crippen molar-refractivity contribution in [3.05, 3.63) is 64.2 Å². The Hall–Kier alpha value is -3.20. The van der Waals surface area contributed by atoms with E-state index in [2.05, 4.69) is 35.0 Å². The van der Waals surface area contributed by atoms with Gasteiger partial charge in [0.1, 0.15) is 0 Å². The van der Waals surface area contributed by atoms with Gasteiger partial charge in [-0.15, -0.1) is 0 Å². The number of fused-ring (bicyclic) bond motifs is 8. The van der Waals surface area contributed by atoms with E-state index < -0.39 is 0 Å². The first kappa shape index (κ1) is 26.6. The topological polar surface area (TPSA) is 30.2 Å². The highest BCUT2D eigenvalue weighted by Crippen LogP contribution is 2.62. The van der Waals surface area contributed by atoms with E-state index >= 15 is 0 Å². The zero-order valence-electron chi connectivity index (χ0n) is 29.3. The highest BCUT2D eigenvalue weighted by atomic mass is 14.9. The number of rotatable bonds is 0. The summed E-state index contributed by atoms with van der Waals surface area (Å²) < 4.78 is 2.72. The minimum atomic E-state index is 0.666. The Morgan fingerprint density at radius 2 is 0.880 bits per heavy atom. The summed E-state index contributed by atoms with van der Waals surface area (Å²) in [5.74, 6) is 9.79. The smallest absolute Gasteiger partial charge is 0.0728 e. The maximum absolute atomic E-state index is 5.55. The molecule has 4 aromatic heterocycles. The summed E-state index contributed by atoms with van der Waals surface area (Å²) in [6.07, 6.45) is 26.0. The summed E-state index contributed by atoms with van der Waals surface area (Å²) in [6, 6.07) is 8.29. The molecule has 3 heteroatoms. The van der Waals surface area contributed by atoms with E-state index in [1.807, 2.05) is 0 Å². The lowest BCUT2D eigenvalue weighted by Crippen LogP contribution is -2.25. The van der Waals surface area contributed by atoms with Gasteiger partial charge in [0.25, 0.3) is 0 Å². The highest BCUT2D eigenvalue weighted by molar-refractivity contribution is 6.32. The normalized spacial score (nSPS) is 40.0. The van der Waals surface area contributed by atoms with Gasteiger partial charge in [0.05, 0.1) is 28.9 Å². The average molecular weight is 654 g/mol. The minimum absolute atomic E-state index is 0.666. The monoisotopic (exact) mass is 653 g/mol. The van der Waals surface area contributed by atoms with Crippen LogP contribution in [0.5, 0.6) is 0 Å². The Morgan fingerprint density at radius 3 is 1.44 bits per heavy atom. The second kappa shape index (κ2) is 8.70. The van der Waals surface area contributed by atoms with Crippen molar-refractivity contribution in [1.29, 1.82) is 0 Å². The fraction of sp³-hybridized carbons (Fsp3) is 0.574. The van der Waals surface area contributed by atoms with Crippen LogP contribution in [-0.4, -0.2) is 14.4 Å². The average Bonchev–Trinajstić information content (AvgIpc) is 3.41. The molecule has 0 aliphatic heterocycles. The van der Waals surface area contributed by atoms with Crippen LogP contribution in [0.4, 0.5) is 0 Å². The third-order valence-electron chi connectivity index (χ3n) is 17.7. The molecule has 2 aromatic carbocycles. The van der Waals surface area contributed by atoms with Crippen molar-refractivity contribution in [2.75, 3.05) is 0 Å². The summed E-state index contributed by atoms with van der Waals surface area (Å²) in [6.45, 7) is 0. The van der Waals surface area contributed by atoms with E-state index in [9.17, 15) is 0 Å². The van der Waals surface area contributed by atoms with E-state index in [0.29, 0.717) is 23.7 Å². The first-order valence-electron chi connectivity index (χ1n) is 21.2. The second-order valence-electron chi connectivity index (χ2n) is 20.2. The van der Waals surface area contributed by atoms with Gasteiger partial charge in [-0.1, -0.05) is 6.07 Å². The van der Waals surface area contributed by atoms with Crippen LogP contribution in [0.3, 0.4) is 0 Å². The molecule has 0 saturated heterocycles. The maximum Gasteiger partial charge on any atom is 0.0728 e. The molecule has 12 aliphatic rings. The molecule has 6 fully saturated rings. The summed E-state index contributed by atoms with van der Waals surface area (Å²) in [5, 5.41) is 9.44. The summed E-state index contributed by atoms with van der Waals surface area (Å²) in [5.41, 5.74) is 14.2. The molecule has 6 aromatic rings. The fourth-order valence-electron chi connectivity index (χ4n) is 16.6. The van der Waals surface area contributed by atoms with Gasteiger partial charge in [-0.3, -0.25) is 9.97 Å². The van der Waals surface area contributed by atoms with Gasteiger partial charge in [0, 0.05) is 44.8 Å². The van der Waals surface area contributed by atoms with Crippen molar-refractivity contribution in [3.8, 4) is 0 Å². The standard InChI is InChI=1S/C47H47N3/c1-21-4-27-5-22(1)7-28(6-21)35-18-36-29(16-34(27)35)17-37-42-38(19-48-45-32-12-23-2-24(13-32)9-30(8-23)40(42)45)50-39-20-49-46-33-14-25-3-26(15-33)11-31(10-25)41(46)44(39)43(36)47(37)50/h16-28,30-33H,1-15H2. The van der Waals surface area contributed by atoms with Crippen LogP contribution >= 0.6 is 0 Å². The van der Waals surface area contributed by atoms with Gasteiger partial charge >= 0.3 is 0 Å². The molecule has 6 unspecified atom stereocenters. The molecule has 12 aliphatic carbocycles. The number of pyridine rings is 2. The number of benzene rings is 2. The van der Waals surface area contributed by atoms with E-state index in [1.54, 1.807) is 49.2 Å². The molecule has 18 rings (SSSR count). The molecule has 6 atom stereocenters. The first-order valence-corrected chi connectivity index (χ1v) is 21.2. The van der Waals surface area contributed by atoms with Gasteiger partial charge in [-0.05, 0) is 201 Å². The molecule has 0 N–H and O–H groups in total. The molecule has 250 valence electrons. The van der Waals surface area contributed by atoms with E-state index in [0.717, 1.165) is 47.3 Å². The summed E-state index contributed by atoms with van der Waals surface area (Å²) in [7, 11) is 0. The highest BCUT2D eigenvalue weighted by Gasteiger charge is 2.47. The van der Waals surface area contributed by atoms with Crippen molar-refractivity contribution >= 4 is 48.9 Å². The Labute approximate surface area is 293 Å². The van der Waals surface area contributed by atoms with E-state index in [1.165, 1.54) is 130 Å². The summed E-state index contributed by atoms with van der Waals surface area (Å²) in [4.78, 5) is 11.1. The Kier molecular flexibility index (Phi) is 4.62. The van der Waals surface area contributed by atoms with Gasteiger partial charge in [0.15, 0.2) is 0 Å². The predicted molar refractivity (Wildman–Crippen MR) is 201 cm³/mol. The molecule has 3 nitrogen and oxygen atoms in total. The lowest BCUT2D eigenvalue weighted by Gasteiger charge is -2.38. The van der Waals surface area contributed by atoms with E-state index in [-0.39, 0.29) is 0 Å². The van der Waals surface area contributed by atoms with Crippen molar-refractivity contribution < 1.29 is 0 Å². The second-order valence-corrected chi connectivity index (χ2v) is 20.2. The third kappa shape index (κ3) is 3.09. The molecule has 0 spiro atoms. The zero-order chi connectivity index (χ0) is 31.7. The van der Waals surface area contributed by atoms with Crippen molar-refractivity contribution in [1.82, 2.24) is 14.4 Å². The van der Waals surface area contributed by atoms with E-state index in [4.69, 9.17) is 9.97 Å². The lowest BCUT2D eigenvalue weighted by molar-refractivity contribution is 0.165. The molecular weight excluding hydrogens is 607 g/mol. The molecule has 0 amide bonds. The zero-order valence-corrected chi connectivity index (χ0v) is 29.3. The molecule has 50 heavy (non-hydrogen) atoms. The fourth-order valence-corrected chi connectivity index (χ4v) is 16.6. The van der Waals surface area contributed by atoms with Crippen LogP contribution in [0, 0.1) is 35.5 Å². The molecule has 6 saturated carbocycles. The lowest BCUT2D eigenvalue weighted by atomic mass is 9.67.